The van der Waals surface area contributed by atoms with Crippen LogP contribution in [0.3, 0.4) is 0 Å². The lowest BCUT2D eigenvalue weighted by atomic mass is 10.00. The summed E-state index contributed by atoms with van der Waals surface area (Å²) in [5.74, 6) is 0.547. The van der Waals surface area contributed by atoms with E-state index in [1.807, 2.05) is 23.9 Å². The average Bonchev–Trinajstić information content (AvgIpc) is 3.24. The van der Waals surface area contributed by atoms with Gasteiger partial charge in [-0.2, -0.15) is 5.10 Å². The van der Waals surface area contributed by atoms with E-state index in [1.165, 1.54) is 0 Å². The quantitative estimate of drug-likeness (QED) is 0.824. The van der Waals surface area contributed by atoms with Crippen molar-refractivity contribution in [3.8, 4) is 0 Å². The predicted octanol–water partition coefficient (Wildman–Crippen LogP) is 1.48. The monoisotopic (exact) mass is 320 g/mol. The van der Waals surface area contributed by atoms with Gasteiger partial charge in [-0.15, -0.1) is 0 Å². The number of likely N-dealkylation sites (tertiary alicyclic amines) is 1. The van der Waals surface area contributed by atoms with Crippen molar-refractivity contribution in [3.63, 3.8) is 0 Å². The van der Waals surface area contributed by atoms with E-state index >= 15 is 0 Å². The summed E-state index contributed by atoms with van der Waals surface area (Å²) in [7, 11) is 2.15. The summed E-state index contributed by atoms with van der Waals surface area (Å²) in [4.78, 5) is 17.5. The molecule has 0 radical (unpaired) electrons. The third-order valence-electron chi connectivity index (χ3n) is 5.05. The van der Waals surface area contributed by atoms with E-state index in [0.29, 0.717) is 17.7 Å². The molecule has 1 aromatic rings. The van der Waals surface area contributed by atoms with Crippen molar-refractivity contribution in [1.29, 1.82) is 0 Å². The minimum atomic E-state index is 0.0821. The van der Waals surface area contributed by atoms with Gasteiger partial charge in [-0.3, -0.25) is 9.48 Å². The molecule has 3 heterocycles. The molecule has 0 bridgehead atoms. The number of nitrogens with zero attached hydrogens (tertiary/aromatic N) is 4. The van der Waals surface area contributed by atoms with Crippen LogP contribution < -0.4 is 0 Å². The van der Waals surface area contributed by atoms with Gasteiger partial charge < -0.3 is 14.5 Å². The highest BCUT2D eigenvalue weighted by Crippen LogP contribution is 2.22. The van der Waals surface area contributed by atoms with Gasteiger partial charge in [-0.05, 0) is 52.4 Å². The second-order valence-corrected chi connectivity index (χ2v) is 6.78. The molecule has 3 rings (SSSR count). The molecule has 2 fully saturated rings. The second kappa shape index (κ2) is 7.45. The van der Waals surface area contributed by atoms with Crippen LogP contribution in [0, 0.1) is 5.92 Å². The number of carbonyl (C=O) groups is 1. The number of piperidine rings is 1. The fraction of sp³-hybridized carbons (Fsp3) is 0.765. The molecule has 1 atom stereocenters. The number of hydrogen-bond donors (Lipinski definition) is 0. The van der Waals surface area contributed by atoms with E-state index in [-0.39, 0.29) is 5.91 Å². The first-order valence-electron chi connectivity index (χ1n) is 8.78. The zero-order valence-electron chi connectivity index (χ0n) is 14.3. The Labute approximate surface area is 138 Å². The maximum atomic E-state index is 13.0. The van der Waals surface area contributed by atoms with Crippen LogP contribution in [0.25, 0.3) is 0 Å². The lowest BCUT2D eigenvalue weighted by molar-refractivity contribution is 0.0530. The Morgan fingerprint density at radius 1 is 1.39 bits per heavy atom. The third kappa shape index (κ3) is 3.93. The first-order chi connectivity index (χ1) is 11.2. The van der Waals surface area contributed by atoms with Crippen LogP contribution in [-0.4, -0.2) is 71.4 Å². The molecule has 0 spiro atoms. The summed E-state index contributed by atoms with van der Waals surface area (Å²) in [5, 5.41) is 4.42. The summed E-state index contributed by atoms with van der Waals surface area (Å²) in [5.41, 5.74) is 0.574. The number of carbonyl (C=O) groups excluding carboxylic acids is 1. The van der Waals surface area contributed by atoms with E-state index in [2.05, 4.69) is 21.9 Å². The molecule has 0 N–H and O–H groups in total. The smallest absolute Gasteiger partial charge is 0.274 e. The Morgan fingerprint density at radius 3 is 2.78 bits per heavy atom. The normalized spacial score (nSPS) is 23.3. The second-order valence-electron chi connectivity index (χ2n) is 6.78. The molecule has 2 saturated heterocycles. The SMILES string of the molecule is CCn1ccc(C(=O)N(CC2CCOC2)C2CCN(C)CC2)n1. The Bertz CT molecular complexity index is 516. The van der Waals surface area contributed by atoms with Crippen molar-refractivity contribution < 1.29 is 9.53 Å². The lowest BCUT2D eigenvalue weighted by Crippen LogP contribution is -2.48. The number of amides is 1. The molecule has 2 aliphatic heterocycles. The van der Waals surface area contributed by atoms with Crippen molar-refractivity contribution in [2.45, 2.75) is 38.8 Å². The molecule has 0 aromatic carbocycles. The number of aryl methyl sites for hydroxylation is 1. The highest BCUT2D eigenvalue weighted by Gasteiger charge is 2.31. The average molecular weight is 320 g/mol. The standard InChI is InChI=1S/C17H28N4O2/c1-3-20-10-6-16(18-20)17(22)21(12-14-7-11-23-13-14)15-4-8-19(2)9-5-15/h6,10,14-15H,3-5,7-9,11-13H2,1-2H3. The van der Waals surface area contributed by atoms with Gasteiger partial charge in [0.2, 0.25) is 0 Å². The fourth-order valence-electron chi connectivity index (χ4n) is 3.51. The zero-order chi connectivity index (χ0) is 16.2. The maximum Gasteiger partial charge on any atom is 0.274 e. The molecule has 23 heavy (non-hydrogen) atoms. The van der Waals surface area contributed by atoms with E-state index in [9.17, 15) is 4.79 Å². The molecule has 6 heteroatoms. The first kappa shape index (κ1) is 16.5. The number of ether oxygens (including phenoxy) is 1. The minimum Gasteiger partial charge on any atom is -0.381 e. The van der Waals surface area contributed by atoms with Crippen molar-refractivity contribution in [2.75, 3.05) is 39.9 Å². The van der Waals surface area contributed by atoms with Gasteiger partial charge in [0.05, 0.1) is 6.61 Å². The molecular formula is C17H28N4O2. The number of rotatable bonds is 5. The summed E-state index contributed by atoms with van der Waals surface area (Å²) in [6.07, 6.45) is 5.03. The molecule has 6 nitrogen and oxygen atoms in total. The van der Waals surface area contributed by atoms with Crippen molar-refractivity contribution >= 4 is 5.91 Å². The Hall–Kier alpha value is -1.40. The first-order valence-corrected chi connectivity index (χ1v) is 8.78. The van der Waals surface area contributed by atoms with Gasteiger partial charge >= 0.3 is 0 Å². The fourth-order valence-corrected chi connectivity index (χ4v) is 3.51. The topological polar surface area (TPSA) is 50.6 Å². The highest BCUT2D eigenvalue weighted by molar-refractivity contribution is 5.92. The Kier molecular flexibility index (Phi) is 5.33. The van der Waals surface area contributed by atoms with Crippen molar-refractivity contribution in [1.82, 2.24) is 19.6 Å². The van der Waals surface area contributed by atoms with E-state index < -0.39 is 0 Å². The van der Waals surface area contributed by atoms with Crippen molar-refractivity contribution in [3.05, 3.63) is 18.0 Å². The van der Waals surface area contributed by atoms with Gasteiger partial charge in [0.15, 0.2) is 0 Å². The van der Waals surface area contributed by atoms with Gasteiger partial charge in [-0.1, -0.05) is 0 Å². The van der Waals surface area contributed by atoms with E-state index in [0.717, 1.165) is 58.7 Å². The molecule has 2 aliphatic rings. The Balaban J connectivity index is 1.74. The number of aromatic nitrogens is 2. The Morgan fingerprint density at radius 2 is 2.17 bits per heavy atom. The van der Waals surface area contributed by atoms with E-state index in [1.54, 1.807) is 0 Å². The number of hydrogen-bond acceptors (Lipinski definition) is 4. The summed E-state index contributed by atoms with van der Waals surface area (Å²) in [6.45, 7) is 7.33. The summed E-state index contributed by atoms with van der Waals surface area (Å²) < 4.78 is 7.32. The molecule has 1 unspecified atom stereocenters. The van der Waals surface area contributed by atoms with Crippen molar-refractivity contribution in [2.24, 2.45) is 5.92 Å². The van der Waals surface area contributed by atoms with Gasteiger partial charge in [0.25, 0.3) is 5.91 Å². The third-order valence-corrected chi connectivity index (χ3v) is 5.05. The van der Waals surface area contributed by atoms with Crippen LogP contribution >= 0.6 is 0 Å². The minimum absolute atomic E-state index is 0.0821. The van der Waals surface area contributed by atoms with Crippen LogP contribution in [-0.2, 0) is 11.3 Å². The van der Waals surface area contributed by atoms with Gasteiger partial charge in [0.1, 0.15) is 5.69 Å². The van der Waals surface area contributed by atoms with Gasteiger partial charge in [0, 0.05) is 37.9 Å². The van der Waals surface area contributed by atoms with Gasteiger partial charge in [-0.25, -0.2) is 0 Å². The van der Waals surface area contributed by atoms with Crippen LogP contribution in [0.15, 0.2) is 12.3 Å². The van der Waals surface area contributed by atoms with Crippen LogP contribution in [0.2, 0.25) is 0 Å². The molecule has 128 valence electrons. The molecule has 1 aromatic heterocycles. The summed E-state index contributed by atoms with van der Waals surface area (Å²) in [6, 6.07) is 2.17. The van der Waals surface area contributed by atoms with Crippen LogP contribution in [0.4, 0.5) is 0 Å². The molecule has 0 saturated carbocycles. The largest absolute Gasteiger partial charge is 0.381 e. The molecule has 1 amide bonds. The predicted molar refractivity (Wildman–Crippen MR) is 88.4 cm³/mol. The van der Waals surface area contributed by atoms with Crippen LogP contribution in [0.1, 0.15) is 36.7 Å². The van der Waals surface area contributed by atoms with E-state index in [4.69, 9.17) is 4.74 Å². The zero-order valence-corrected chi connectivity index (χ0v) is 14.3. The molecular weight excluding hydrogens is 292 g/mol. The maximum absolute atomic E-state index is 13.0. The molecule has 0 aliphatic carbocycles. The summed E-state index contributed by atoms with van der Waals surface area (Å²) >= 11 is 0. The van der Waals surface area contributed by atoms with Crippen LogP contribution in [0.5, 0.6) is 0 Å². The highest BCUT2D eigenvalue weighted by atomic mass is 16.5. The lowest BCUT2D eigenvalue weighted by Gasteiger charge is -2.38.